The minimum Gasteiger partial charge on any atom is -0.444 e. The normalized spacial score (nSPS) is 15.6. The summed E-state index contributed by atoms with van der Waals surface area (Å²) >= 11 is 0. The second kappa shape index (κ2) is 7.73. The van der Waals surface area contributed by atoms with E-state index in [4.69, 9.17) is 4.74 Å². The number of rotatable bonds is 4. The smallest absolute Gasteiger partial charge is 0.339 e. The monoisotopic (exact) mass is 324 g/mol. The van der Waals surface area contributed by atoms with Crippen molar-refractivity contribution in [2.24, 2.45) is 0 Å². The number of pyridine rings is 1. The van der Waals surface area contributed by atoms with Crippen molar-refractivity contribution in [3.63, 3.8) is 0 Å². The number of benzene rings is 1. The van der Waals surface area contributed by atoms with Crippen molar-refractivity contribution in [3.05, 3.63) is 66.0 Å². The molecule has 5 nitrogen and oxygen atoms in total. The van der Waals surface area contributed by atoms with Crippen LogP contribution in [0.25, 0.3) is 0 Å². The van der Waals surface area contributed by atoms with Gasteiger partial charge in [0.15, 0.2) is 0 Å². The molecule has 1 aliphatic rings. The van der Waals surface area contributed by atoms with E-state index in [9.17, 15) is 9.59 Å². The van der Waals surface area contributed by atoms with E-state index in [-0.39, 0.29) is 5.91 Å². The van der Waals surface area contributed by atoms with Crippen LogP contribution in [0.5, 0.6) is 0 Å². The number of piperidine rings is 1. The van der Waals surface area contributed by atoms with Crippen LogP contribution in [0.2, 0.25) is 0 Å². The Bertz CT molecular complexity index is 682. The summed E-state index contributed by atoms with van der Waals surface area (Å²) in [5.41, 5.74) is 1.08. The average molecular weight is 324 g/mol. The Balaban J connectivity index is 1.82. The maximum atomic E-state index is 12.9. The summed E-state index contributed by atoms with van der Waals surface area (Å²) in [5, 5.41) is 0. The average Bonchev–Trinajstić information content (AvgIpc) is 2.67. The third kappa shape index (κ3) is 3.79. The van der Waals surface area contributed by atoms with Crippen molar-refractivity contribution >= 4 is 11.9 Å². The van der Waals surface area contributed by atoms with E-state index in [0.29, 0.717) is 11.1 Å². The van der Waals surface area contributed by atoms with Crippen molar-refractivity contribution in [1.29, 1.82) is 0 Å². The standard InChI is InChI=1S/C19H20N2O3/c22-18(21-13-5-2-6-14-21)17(15-7-3-1-4-8-15)24-19(23)16-9-11-20-12-10-16/h1,3-4,7-12,17H,2,5-6,13-14H2/t17-/m0/s1. The van der Waals surface area contributed by atoms with Crippen LogP contribution >= 0.6 is 0 Å². The molecular weight excluding hydrogens is 304 g/mol. The molecule has 5 heteroatoms. The molecule has 1 atom stereocenters. The molecule has 1 amide bonds. The maximum Gasteiger partial charge on any atom is 0.339 e. The van der Waals surface area contributed by atoms with Crippen molar-refractivity contribution in [1.82, 2.24) is 9.88 Å². The van der Waals surface area contributed by atoms with Crippen molar-refractivity contribution < 1.29 is 14.3 Å². The number of nitrogens with zero attached hydrogens (tertiary/aromatic N) is 2. The van der Waals surface area contributed by atoms with Crippen LogP contribution in [0.4, 0.5) is 0 Å². The second-order valence-electron chi connectivity index (χ2n) is 5.82. The van der Waals surface area contributed by atoms with Crippen molar-refractivity contribution in [2.75, 3.05) is 13.1 Å². The Labute approximate surface area is 141 Å². The Kier molecular flexibility index (Phi) is 5.21. The molecule has 0 bridgehead atoms. The lowest BCUT2D eigenvalue weighted by molar-refractivity contribution is -0.142. The number of hydrogen-bond acceptors (Lipinski definition) is 4. The lowest BCUT2D eigenvalue weighted by Gasteiger charge is -2.30. The number of aromatic nitrogens is 1. The predicted octanol–water partition coefficient (Wildman–Crippen LogP) is 2.99. The summed E-state index contributed by atoms with van der Waals surface area (Å²) < 4.78 is 5.58. The predicted molar refractivity (Wildman–Crippen MR) is 89.3 cm³/mol. The van der Waals surface area contributed by atoms with Gasteiger partial charge in [-0.1, -0.05) is 30.3 Å². The molecule has 0 unspecified atom stereocenters. The van der Waals surface area contributed by atoms with Crippen LogP contribution in [0, 0.1) is 0 Å². The molecule has 1 aliphatic heterocycles. The van der Waals surface area contributed by atoms with E-state index in [2.05, 4.69) is 4.98 Å². The summed E-state index contributed by atoms with van der Waals surface area (Å²) in [6.07, 6.45) is 5.26. The van der Waals surface area contributed by atoms with Gasteiger partial charge in [-0.2, -0.15) is 0 Å². The summed E-state index contributed by atoms with van der Waals surface area (Å²) in [6.45, 7) is 1.43. The van der Waals surface area contributed by atoms with Gasteiger partial charge in [-0.15, -0.1) is 0 Å². The van der Waals surface area contributed by atoms with Crippen LogP contribution in [0.15, 0.2) is 54.9 Å². The van der Waals surface area contributed by atoms with E-state index in [0.717, 1.165) is 32.4 Å². The minimum absolute atomic E-state index is 0.150. The molecule has 0 spiro atoms. The van der Waals surface area contributed by atoms with Gasteiger partial charge in [-0.05, 0) is 31.4 Å². The Morgan fingerprint density at radius 2 is 1.62 bits per heavy atom. The molecule has 24 heavy (non-hydrogen) atoms. The first kappa shape index (κ1) is 16.2. The molecule has 1 aromatic carbocycles. The van der Waals surface area contributed by atoms with E-state index >= 15 is 0 Å². The van der Waals surface area contributed by atoms with Gasteiger partial charge in [0.1, 0.15) is 0 Å². The summed E-state index contributed by atoms with van der Waals surface area (Å²) in [5.74, 6) is -0.667. The third-order valence-electron chi connectivity index (χ3n) is 4.14. The fraction of sp³-hybridized carbons (Fsp3) is 0.316. The third-order valence-corrected chi connectivity index (χ3v) is 4.14. The Morgan fingerprint density at radius 1 is 0.958 bits per heavy atom. The van der Waals surface area contributed by atoms with Crippen molar-refractivity contribution in [3.8, 4) is 0 Å². The zero-order valence-electron chi connectivity index (χ0n) is 13.4. The largest absolute Gasteiger partial charge is 0.444 e. The van der Waals surface area contributed by atoms with Crippen molar-refractivity contribution in [2.45, 2.75) is 25.4 Å². The van der Waals surface area contributed by atoms with Gasteiger partial charge in [-0.25, -0.2) is 4.79 Å². The van der Waals surface area contributed by atoms with Gasteiger partial charge in [0, 0.05) is 31.0 Å². The maximum absolute atomic E-state index is 12.9. The van der Waals surface area contributed by atoms with E-state index < -0.39 is 12.1 Å². The highest BCUT2D eigenvalue weighted by molar-refractivity contribution is 5.92. The molecule has 1 saturated heterocycles. The first-order valence-electron chi connectivity index (χ1n) is 8.20. The number of esters is 1. The fourth-order valence-corrected chi connectivity index (χ4v) is 2.83. The van der Waals surface area contributed by atoms with Gasteiger partial charge in [-0.3, -0.25) is 9.78 Å². The van der Waals surface area contributed by atoms with E-state index in [1.165, 1.54) is 12.4 Å². The van der Waals surface area contributed by atoms with Crippen LogP contribution in [0.3, 0.4) is 0 Å². The first-order chi connectivity index (χ1) is 11.8. The highest BCUT2D eigenvalue weighted by Gasteiger charge is 2.30. The van der Waals surface area contributed by atoms with Crippen LogP contribution in [-0.4, -0.2) is 34.8 Å². The molecule has 3 rings (SSSR count). The second-order valence-corrected chi connectivity index (χ2v) is 5.82. The van der Waals surface area contributed by atoms with E-state index in [1.807, 2.05) is 30.3 Å². The van der Waals surface area contributed by atoms with Crippen LogP contribution in [0.1, 0.15) is 41.3 Å². The molecule has 0 radical (unpaired) electrons. The molecule has 1 aromatic heterocycles. The topological polar surface area (TPSA) is 59.5 Å². The number of carbonyl (C=O) groups is 2. The van der Waals surface area contributed by atoms with Gasteiger partial charge >= 0.3 is 5.97 Å². The number of likely N-dealkylation sites (tertiary alicyclic amines) is 1. The van der Waals surface area contributed by atoms with Crippen LogP contribution < -0.4 is 0 Å². The first-order valence-corrected chi connectivity index (χ1v) is 8.20. The Hall–Kier alpha value is -2.69. The molecule has 2 aromatic rings. The molecule has 0 saturated carbocycles. The quantitative estimate of drug-likeness (QED) is 0.811. The molecule has 0 N–H and O–H groups in total. The zero-order chi connectivity index (χ0) is 16.8. The molecule has 2 heterocycles. The minimum atomic E-state index is -0.912. The molecule has 124 valence electrons. The number of hydrogen-bond donors (Lipinski definition) is 0. The highest BCUT2D eigenvalue weighted by atomic mass is 16.5. The summed E-state index contributed by atoms with van der Waals surface area (Å²) in [7, 11) is 0. The molecule has 1 fully saturated rings. The van der Waals surface area contributed by atoms with Gasteiger partial charge < -0.3 is 9.64 Å². The molecule has 0 aliphatic carbocycles. The summed E-state index contributed by atoms with van der Waals surface area (Å²) in [6, 6.07) is 12.3. The van der Waals surface area contributed by atoms with E-state index in [1.54, 1.807) is 17.0 Å². The lowest BCUT2D eigenvalue weighted by atomic mass is 10.1. The van der Waals surface area contributed by atoms with Crippen LogP contribution in [-0.2, 0) is 9.53 Å². The highest BCUT2D eigenvalue weighted by Crippen LogP contribution is 2.23. The Morgan fingerprint density at radius 3 is 2.29 bits per heavy atom. The number of ether oxygens (including phenoxy) is 1. The van der Waals surface area contributed by atoms with Gasteiger partial charge in [0.05, 0.1) is 5.56 Å². The number of carbonyl (C=O) groups excluding carboxylic acids is 2. The molecular formula is C19H20N2O3. The fourth-order valence-electron chi connectivity index (χ4n) is 2.83. The lowest BCUT2D eigenvalue weighted by Crippen LogP contribution is -2.40. The zero-order valence-corrected chi connectivity index (χ0v) is 13.4. The van der Waals surface area contributed by atoms with Gasteiger partial charge in [0.2, 0.25) is 6.10 Å². The number of amides is 1. The van der Waals surface area contributed by atoms with Gasteiger partial charge in [0.25, 0.3) is 5.91 Å². The summed E-state index contributed by atoms with van der Waals surface area (Å²) in [4.78, 5) is 31.0. The SMILES string of the molecule is O=C(O[C@H](C(=O)N1CCCCC1)c1ccccc1)c1ccncc1.